The van der Waals surface area contributed by atoms with Crippen LogP contribution in [0, 0.1) is 0 Å². The average molecular weight is 255 g/mol. The molecule has 1 rings (SSSR count). The van der Waals surface area contributed by atoms with Crippen LogP contribution in [-0.2, 0) is 18.2 Å². The summed E-state index contributed by atoms with van der Waals surface area (Å²) in [7, 11) is 0. The summed E-state index contributed by atoms with van der Waals surface area (Å²) < 4.78 is 5.20. The van der Waals surface area contributed by atoms with Crippen LogP contribution >= 0.6 is 27.5 Å². The lowest BCUT2D eigenvalue weighted by molar-refractivity contribution is 0.634. The zero-order chi connectivity index (χ0) is 9.90. The van der Waals surface area contributed by atoms with E-state index >= 15 is 0 Å². The lowest BCUT2D eigenvalue weighted by Crippen LogP contribution is -1.84. The Hall–Kier alpha value is 0.250. The number of rotatable bonds is 3. The van der Waals surface area contributed by atoms with Crippen LogP contribution in [0.2, 0.25) is 0 Å². The first-order valence-electron chi connectivity index (χ1n) is 3.79. The fourth-order valence-corrected chi connectivity index (χ4v) is 2.04. The van der Waals surface area contributed by atoms with E-state index < -0.39 is 4.97 Å². The Morgan fingerprint density at radius 1 is 1.46 bits per heavy atom. The van der Waals surface area contributed by atoms with Gasteiger partial charge in [-0.3, -0.25) is 0 Å². The number of halogens is 2. The van der Waals surface area contributed by atoms with Gasteiger partial charge in [-0.1, -0.05) is 19.1 Å². The summed E-state index contributed by atoms with van der Waals surface area (Å²) in [5.41, 5.74) is 1.18. The first-order valence-corrected chi connectivity index (χ1v) is 8.32. The van der Waals surface area contributed by atoms with Gasteiger partial charge in [0.05, 0.1) is 0 Å². The van der Waals surface area contributed by atoms with Crippen LogP contribution < -0.4 is 4.52 Å². The molecule has 0 aromatic heterocycles. The highest BCUT2D eigenvalue weighted by Gasteiger charge is 2.10. The van der Waals surface area contributed by atoms with Crippen molar-refractivity contribution in [2.45, 2.75) is 13.3 Å². The van der Waals surface area contributed by atoms with Crippen molar-refractivity contribution < 1.29 is 4.52 Å². The van der Waals surface area contributed by atoms with Crippen LogP contribution in [0.25, 0.3) is 0 Å². The summed E-state index contributed by atoms with van der Waals surface area (Å²) in [6.07, 6.45) is 0.949. The summed E-state index contributed by atoms with van der Waals surface area (Å²) >= 11 is 16.0. The molecule has 13 heavy (non-hydrogen) atoms. The van der Waals surface area contributed by atoms with Crippen LogP contribution in [0.15, 0.2) is 24.3 Å². The smallest absolute Gasteiger partial charge is 0.289 e. The molecular formula is C8H9Cl2OPS. The second kappa shape index (κ2) is 4.65. The molecule has 1 aromatic rings. The predicted molar refractivity (Wildman–Crippen MR) is 62.4 cm³/mol. The maximum atomic E-state index is 5.63. The molecule has 0 spiro atoms. The van der Waals surface area contributed by atoms with Gasteiger partial charge in [-0.2, -0.15) is 0 Å². The molecule has 0 saturated heterocycles. The molecule has 0 amide bonds. The molecule has 5 heteroatoms. The van der Waals surface area contributed by atoms with Crippen LogP contribution in [0.5, 0.6) is 5.75 Å². The molecule has 0 heterocycles. The molecule has 72 valence electrons. The molecule has 0 aliphatic heterocycles. The van der Waals surface area contributed by atoms with Crippen LogP contribution in [0.3, 0.4) is 0 Å². The Labute approximate surface area is 92.7 Å². The lowest BCUT2D eigenvalue weighted by Gasteiger charge is -2.09. The number of hydrogen-bond donors (Lipinski definition) is 0. The zero-order valence-corrected chi connectivity index (χ0v) is 10.3. The summed E-state index contributed by atoms with van der Waals surface area (Å²) in [4.78, 5) is -2.64. The highest BCUT2D eigenvalue weighted by atomic mass is 35.9. The largest absolute Gasteiger partial charge is 0.441 e. The summed E-state index contributed by atoms with van der Waals surface area (Å²) in [6, 6.07) is 7.60. The van der Waals surface area contributed by atoms with Crippen molar-refractivity contribution in [3.63, 3.8) is 0 Å². The molecule has 0 atom stereocenters. The van der Waals surface area contributed by atoms with E-state index in [9.17, 15) is 0 Å². The van der Waals surface area contributed by atoms with Crippen molar-refractivity contribution in [3.8, 4) is 5.75 Å². The normalized spacial score (nSPS) is 11.3. The number of hydrogen-bond acceptors (Lipinski definition) is 2. The molecule has 0 bridgehead atoms. The second-order valence-corrected chi connectivity index (χ2v) is 9.64. The summed E-state index contributed by atoms with van der Waals surface area (Å²) in [5.74, 6) is 0.646. The molecule has 0 aliphatic carbocycles. The third-order valence-electron chi connectivity index (χ3n) is 1.52. The van der Waals surface area contributed by atoms with Gasteiger partial charge in [-0.15, -0.1) is 0 Å². The quantitative estimate of drug-likeness (QED) is 0.743. The third-order valence-corrected chi connectivity index (χ3v) is 2.58. The standard InChI is InChI=1S/C8H9Cl2OPS/c1-2-7-4-3-5-8(6-7)11-12(9,10)13/h3-6H,2H2,1H3. The Kier molecular flexibility index (Phi) is 4.06. The zero-order valence-electron chi connectivity index (χ0n) is 7.04. The Morgan fingerprint density at radius 3 is 2.69 bits per heavy atom. The van der Waals surface area contributed by atoms with Crippen LogP contribution in [-0.4, -0.2) is 0 Å². The van der Waals surface area contributed by atoms with E-state index in [1.165, 1.54) is 5.56 Å². The van der Waals surface area contributed by atoms with E-state index in [-0.39, 0.29) is 0 Å². The van der Waals surface area contributed by atoms with Crippen molar-refractivity contribution in [2.75, 3.05) is 0 Å². The first-order chi connectivity index (χ1) is 6.01. The molecule has 0 saturated carbocycles. The van der Waals surface area contributed by atoms with E-state index in [1.807, 2.05) is 18.2 Å². The Balaban J connectivity index is 2.84. The van der Waals surface area contributed by atoms with Gasteiger partial charge in [0.2, 0.25) is 0 Å². The van der Waals surface area contributed by atoms with Gasteiger partial charge < -0.3 is 4.52 Å². The highest BCUT2D eigenvalue weighted by molar-refractivity contribution is 8.36. The lowest BCUT2D eigenvalue weighted by atomic mass is 10.2. The highest BCUT2D eigenvalue weighted by Crippen LogP contribution is 2.57. The minimum Gasteiger partial charge on any atom is -0.441 e. The van der Waals surface area contributed by atoms with E-state index in [2.05, 4.69) is 6.92 Å². The minimum absolute atomic E-state index is 0.646. The van der Waals surface area contributed by atoms with Gasteiger partial charge in [-0.25, -0.2) is 0 Å². The molecule has 0 unspecified atom stereocenters. The Morgan fingerprint density at radius 2 is 2.15 bits per heavy atom. The SMILES string of the molecule is CCc1cccc(OP(=S)(Cl)Cl)c1. The van der Waals surface area contributed by atoms with Crippen LogP contribution in [0.1, 0.15) is 12.5 Å². The van der Waals surface area contributed by atoms with Gasteiger partial charge in [0, 0.05) is 0 Å². The van der Waals surface area contributed by atoms with Gasteiger partial charge in [-0.05, 0) is 58.4 Å². The molecule has 1 nitrogen and oxygen atoms in total. The average Bonchev–Trinajstić information content (AvgIpc) is 2.01. The van der Waals surface area contributed by atoms with Crippen molar-refractivity contribution in [1.29, 1.82) is 0 Å². The molecule has 1 aromatic carbocycles. The topological polar surface area (TPSA) is 9.23 Å². The molecular weight excluding hydrogens is 246 g/mol. The van der Waals surface area contributed by atoms with Gasteiger partial charge >= 0.3 is 0 Å². The fourth-order valence-electron chi connectivity index (χ4n) is 0.945. The molecule has 0 N–H and O–H groups in total. The van der Waals surface area contributed by atoms with Gasteiger partial charge in [0.1, 0.15) is 5.75 Å². The number of benzene rings is 1. The first kappa shape index (κ1) is 11.3. The van der Waals surface area contributed by atoms with Crippen molar-refractivity contribution >= 4 is 39.3 Å². The van der Waals surface area contributed by atoms with E-state index in [0.717, 1.165) is 6.42 Å². The maximum absolute atomic E-state index is 5.63. The van der Waals surface area contributed by atoms with E-state index in [0.29, 0.717) is 5.75 Å². The fraction of sp³-hybridized carbons (Fsp3) is 0.250. The van der Waals surface area contributed by atoms with E-state index in [4.69, 9.17) is 38.8 Å². The van der Waals surface area contributed by atoms with Crippen molar-refractivity contribution in [2.24, 2.45) is 0 Å². The van der Waals surface area contributed by atoms with Crippen molar-refractivity contribution in [1.82, 2.24) is 0 Å². The van der Waals surface area contributed by atoms with Gasteiger partial charge in [0.15, 0.2) is 0 Å². The Bertz CT molecular complexity index is 337. The maximum Gasteiger partial charge on any atom is 0.289 e. The van der Waals surface area contributed by atoms with Gasteiger partial charge in [0.25, 0.3) is 4.97 Å². The summed E-state index contributed by atoms with van der Waals surface area (Å²) in [5, 5.41) is 0. The summed E-state index contributed by atoms with van der Waals surface area (Å²) in [6.45, 7) is 2.07. The molecule has 0 radical (unpaired) electrons. The predicted octanol–water partition coefficient (Wildman–Crippen LogP) is 4.33. The second-order valence-electron chi connectivity index (χ2n) is 2.51. The molecule has 0 aliphatic rings. The monoisotopic (exact) mass is 254 g/mol. The van der Waals surface area contributed by atoms with E-state index in [1.54, 1.807) is 6.07 Å². The molecule has 0 fully saturated rings. The van der Waals surface area contributed by atoms with Crippen LogP contribution in [0.4, 0.5) is 0 Å². The third kappa shape index (κ3) is 4.33. The van der Waals surface area contributed by atoms with Crippen molar-refractivity contribution in [3.05, 3.63) is 29.8 Å². The number of aryl methyl sites for hydroxylation is 1. The minimum atomic E-state index is -2.64.